The first kappa shape index (κ1) is 14.1. The van der Waals surface area contributed by atoms with Gasteiger partial charge in [0.05, 0.1) is 12.1 Å². The van der Waals surface area contributed by atoms with Gasteiger partial charge in [-0.2, -0.15) is 0 Å². The van der Waals surface area contributed by atoms with Gasteiger partial charge in [-0.1, -0.05) is 6.07 Å². The van der Waals surface area contributed by atoms with Gasteiger partial charge in [0.25, 0.3) is 0 Å². The van der Waals surface area contributed by atoms with E-state index in [1.54, 1.807) is 12.4 Å². The average molecular weight is 309 g/mol. The van der Waals surface area contributed by atoms with E-state index in [1.165, 1.54) is 0 Å². The number of rotatable bonds is 4. The summed E-state index contributed by atoms with van der Waals surface area (Å²) in [5.74, 6) is 0.779. The molecule has 0 radical (unpaired) electrons. The van der Waals surface area contributed by atoms with Gasteiger partial charge in [0.2, 0.25) is 11.9 Å². The number of carbonyl (C=O) groups excluding carboxylic acids is 1. The fraction of sp³-hybridized carbons (Fsp3) is 0.412. The van der Waals surface area contributed by atoms with Crippen LogP contribution in [-0.4, -0.2) is 37.8 Å². The maximum absolute atomic E-state index is 12.5. The highest BCUT2D eigenvalue weighted by Crippen LogP contribution is 2.42. The minimum Gasteiger partial charge on any atom is -0.349 e. The van der Waals surface area contributed by atoms with Crippen molar-refractivity contribution in [2.45, 2.75) is 44.3 Å². The second kappa shape index (κ2) is 5.61. The smallest absolute Gasteiger partial charge is 0.225 e. The normalized spacial score (nSPS) is 24.0. The Hall–Kier alpha value is -2.50. The fourth-order valence-corrected chi connectivity index (χ4v) is 3.30. The summed E-state index contributed by atoms with van der Waals surface area (Å²) in [5.41, 5.74) is 1.97. The van der Waals surface area contributed by atoms with Crippen molar-refractivity contribution in [3.8, 4) is 0 Å². The van der Waals surface area contributed by atoms with Crippen molar-refractivity contribution in [3.05, 3.63) is 48.0 Å². The highest BCUT2D eigenvalue weighted by Gasteiger charge is 2.47. The van der Waals surface area contributed by atoms with E-state index in [1.807, 2.05) is 36.2 Å². The van der Waals surface area contributed by atoms with Gasteiger partial charge in [-0.15, -0.1) is 0 Å². The maximum Gasteiger partial charge on any atom is 0.225 e. The summed E-state index contributed by atoms with van der Waals surface area (Å²) in [4.78, 5) is 27.5. The van der Waals surface area contributed by atoms with E-state index in [-0.39, 0.29) is 18.0 Å². The van der Waals surface area contributed by atoms with Gasteiger partial charge in [0.1, 0.15) is 0 Å². The van der Waals surface area contributed by atoms with E-state index >= 15 is 0 Å². The molecule has 0 spiro atoms. The van der Waals surface area contributed by atoms with Gasteiger partial charge in [-0.05, 0) is 37.5 Å². The standard InChI is InChI=1S/C17H19N5O/c1-11-6-8-19-17(20-11)21-14-9-15(23)22(13-4-5-13)16(14)12-3-2-7-18-10-12/h2-3,6-8,10,13-14,16H,4-5,9H2,1H3,(H,19,20,21)/t14-,16+/m1/s1. The summed E-state index contributed by atoms with van der Waals surface area (Å²) in [7, 11) is 0. The number of amides is 1. The summed E-state index contributed by atoms with van der Waals surface area (Å²) in [6.07, 6.45) is 8.00. The molecular weight excluding hydrogens is 290 g/mol. The van der Waals surface area contributed by atoms with Crippen molar-refractivity contribution in [3.63, 3.8) is 0 Å². The summed E-state index contributed by atoms with van der Waals surface area (Å²) in [5, 5.41) is 3.36. The molecule has 6 nitrogen and oxygen atoms in total. The minimum atomic E-state index is -0.0332. The number of likely N-dealkylation sites (tertiary alicyclic amines) is 1. The first-order valence-electron chi connectivity index (χ1n) is 7.99. The van der Waals surface area contributed by atoms with Gasteiger partial charge in [0, 0.05) is 36.7 Å². The second-order valence-corrected chi connectivity index (χ2v) is 6.24. The predicted molar refractivity (Wildman–Crippen MR) is 85.6 cm³/mol. The van der Waals surface area contributed by atoms with Crippen LogP contribution in [0.5, 0.6) is 0 Å². The highest BCUT2D eigenvalue weighted by molar-refractivity contribution is 5.81. The summed E-state index contributed by atoms with van der Waals surface area (Å²) >= 11 is 0. The Bertz CT molecular complexity index is 716. The zero-order chi connectivity index (χ0) is 15.8. The third-order valence-corrected chi connectivity index (χ3v) is 4.44. The summed E-state index contributed by atoms with van der Waals surface area (Å²) in [6.45, 7) is 1.93. The Kier molecular flexibility index (Phi) is 3.44. The molecule has 3 heterocycles. The molecule has 1 aliphatic heterocycles. The van der Waals surface area contributed by atoms with Crippen LogP contribution in [0.15, 0.2) is 36.8 Å². The van der Waals surface area contributed by atoms with Crippen LogP contribution in [0.1, 0.15) is 36.6 Å². The SMILES string of the molecule is Cc1ccnc(N[C@@H]2CC(=O)N(C3CC3)[C@H]2c2cccnc2)n1. The zero-order valence-corrected chi connectivity index (χ0v) is 13.0. The molecule has 0 unspecified atom stereocenters. The number of hydrogen-bond donors (Lipinski definition) is 1. The number of anilines is 1. The van der Waals surface area contributed by atoms with Gasteiger partial charge < -0.3 is 10.2 Å². The number of aromatic nitrogens is 3. The van der Waals surface area contributed by atoms with Crippen LogP contribution in [-0.2, 0) is 4.79 Å². The molecule has 2 fully saturated rings. The molecule has 1 amide bonds. The van der Waals surface area contributed by atoms with Crippen LogP contribution in [0.3, 0.4) is 0 Å². The minimum absolute atomic E-state index is 0.00666. The Morgan fingerprint density at radius 2 is 2.13 bits per heavy atom. The number of aryl methyl sites for hydroxylation is 1. The molecule has 1 saturated heterocycles. The average Bonchev–Trinajstić information content (AvgIpc) is 3.32. The fourth-order valence-electron chi connectivity index (χ4n) is 3.30. The van der Waals surface area contributed by atoms with E-state index < -0.39 is 0 Å². The van der Waals surface area contributed by atoms with Crippen LogP contribution in [0.4, 0.5) is 5.95 Å². The first-order chi connectivity index (χ1) is 11.2. The lowest BCUT2D eigenvalue weighted by Gasteiger charge is -2.28. The van der Waals surface area contributed by atoms with E-state index in [0.717, 1.165) is 24.1 Å². The maximum atomic E-state index is 12.5. The Balaban J connectivity index is 1.65. The first-order valence-corrected chi connectivity index (χ1v) is 7.99. The lowest BCUT2D eigenvalue weighted by atomic mass is 10.0. The molecule has 2 aliphatic rings. The molecule has 6 heteroatoms. The van der Waals surface area contributed by atoms with Crippen molar-refractivity contribution in [1.82, 2.24) is 19.9 Å². The molecule has 0 bridgehead atoms. The topological polar surface area (TPSA) is 71.0 Å². The van der Waals surface area contributed by atoms with Crippen molar-refractivity contribution in [1.29, 1.82) is 0 Å². The Morgan fingerprint density at radius 1 is 1.26 bits per heavy atom. The lowest BCUT2D eigenvalue weighted by molar-refractivity contribution is -0.129. The summed E-state index contributed by atoms with van der Waals surface area (Å²) < 4.78 is 0. The molecule has 118 valence electrons. The molecule has 1 N–H and O–H groups in total. The molecule has 2 atom stereocenters. The third kappa shape index (κ3) is 2.76. The number of nitrogens with one attached hydrogen (secondary N) is 1. The van der Waals surface area contributed by atoms with Crippen molar-refractivity contribution < 1.29 is 4.79 Å². The van der Waals surface area contributed by atoms with E-state index in [4.69, 9.17) is 0 Å². The molecule has 2 aromatic heterocycles. The second-order valence-electron chi connectivity index (χ2n) is 6.24. The van der Waals surface area contributed by atoms with E-state index in [2.05, 4.69) is 20.3 Å². The van der Waals surface area contributed by atoms with Crippen molar-refractivity contribution in [2.75, 3.05) is 5.32 Å². The lowest BCUT2D eigenvalue weighted by Crippen LogP contribution is -2.34. The van der Waals surface area contributed by atoms with Gasteiger partial charge in [-0.25, -0.2) is 9.97 Å². The molecule has 4 rings (SSSR count). The van der Waals surface area contributed by atoms with Crippen LogP contribution >= 0.6 is 0 Å². The third-order valence-electron chi connectivity index (χ3n) is 4.44. The highest BCUT2D eigenvalue weighted by atomic mass is 16.2. The predicted octanol–water partition coefficient (Wildman–Crippen LogP) is 2.10. The monoisotopic (exact) mass is 309 g/mol. The number of pyridine rings is 1. The number of carbonyl (C=O) groups is 1. The van der Waals surface area contributed by atoms with Gasteiger partial charge in [0.15, 0.2) is 0 Å². The van der Waals surface area contributed by atoms with Crippen LogP contribution in [0.25, 0.3) is 0 Å². The van der Waals surface area contributed by atoms with Crippen molar-refractivity contribution >= 4 is 11.9 Å². The van der Waals surface area contributed by atoms with Crippen LogP contribution < -0.4 is 5.32 Å². The Morgan fingerprint density at radius 3 is 2.83 bits per heavy atom. The van der Waals surface area contributed by atoms with Gasteiger partial charge >= 0.3 is 0 Å². The zero-order valence-electron chi connectivity index (χ0n) is 13.0. The number of nitrogens with zero attached hydrogens (tertiary/aromatic N) is 4. The molecule has 23 heavy (non-hydrogen) atoms. The van der Waals surface area contributed by atoms with Gasteiger partial charge in [-0.3, -0.25) is 9.78 Å². The van der Waals surface area contributed by atoms with E-state index in [9.17, 15) is 4.79 Å². The largest absolute Gasteiger partial charge is 0.349 e. The van der Waals surface area contributed by atoms with Crippen LogP contribution in [0.2, 0.25) is 0 Å². The molecule has 2 aromatic rings. The molecule has 1 aliphatic carbocycles. The Labute approximate surface area is 135 Å². The van der Waals surface area contributed by atoms with E-state index in [0.29, 0.717) is 18.4 Å². The molecule has 1 saturated carbocycles. The quantitative estimate of drug-likeness (QED) is 0.936. The summed E-state index contributed by atoms with van der Waals surface area (Å²) in [6, 6.07) is 6.15. The van der Waals surface area contributed by atoms with Crippen molar-refractivity contribution in [2.24, 2.45) is 0 Å². The molecular formula is C17H19N5O. The molecule has 0 aromatic carbocycles. The van der Waals surface area contributed by atoms with Crippen LogP contribution in [0, 0.1) is 6.92 Å². The number of hydrogen-bond acceptors (Lipinski definition) is 5.